The monoisotopic (exact) mass is 263 g/mol. The highest BCUT2D eigenvalue weighted by Gasteiger charge is 2.14. The quantitative estimate of drug-likeness (QED) is 0.799. The number of carbonyl (C=O) groups is 1. The third-order valence-corrected chi connectivity index (χ3v) is 3.26. The van der Waals surface area contributed by atoms with Gasteiger partial charge in [-0.15, -0.1) is 0 Å². The van der Waals surface area contributed by atoms with Crippen molar-refractivity contribution in [3.63, 3.8) is 0 Å². The Kier molecular flexibility index (Phi) is 4.74. The summed E-state index contributed by atoms with van der Waals surface area (Å²) in [6.45, 7) is 2.41. The molecule has 0 saturated carbocycles. The van der Waals surface area contributed by atoms with E-state index in [2.05, 4.69) is 16.4 Å². The van der Waals surface area contributed by atoms with E-state index < -0.39 is 0 Å². The SMILES string of the molecule is CC(N)c1nc(C(=O)NCCC2=CCCCC2)co1. The summed E-state index contributed by atoms with van der Waals surface area (Å²) in [7, 11) is 0. The van der Waals surface area contributed by atoms with Crippen LogP contribution in [0.3, 0.4) is 0 Å². The number of carbonyl (C=O) groups excluding carboxylic acids is 1. The lowest BCUT2D eigenvalue weighted by atomic mass is 9.97. The van der Waals surface area contributed by atoms with Gasteiger partial charge in [0.15, 0.2) is 5.69 Å². The van der Waals surface area contributed by atoms with Gasteiger partial charge in [-0.3, -0.25) is 4.79 Å². The van der Waals surface area contributed by atoms with E-state index in [1.165, 1.54) is 31.1 Å². The van der Waals surface area contributed by atoms with Gasteiger partial charge in [-0.05, 0) is 39.0 Å². The lowest BCUT2D eigenvalue weighted by Crippen LogP contribution is -2.25. The average molecular weight is 263 g/mol. The van der Waals surface area contributed by atoms with Crippen molar-refractivity contribution in [1.82, 2.24) is 10.3 Å². The minimum Gasteiger partial charge on any atom is -0.446 e. The maximum absolute atomic E-state index is 11.8. The van der Waals surface area contributed by atoms with Gasteiger partial charge in [-0.25, -0.2) is 4.98 Å². The van der Waals surface area contributed by atoms with Gasteiger partial charge < -0.3 is 15.5 Å². The van der Waals surface area contributed by atoms with Gasteiger partial charge in [0.2, 0.25) is 5.89 Å². The molecule has 1 amide bonds. The molecule has 1 heterocycles. The lowest BCUT2D eigenvalue weighted by molar-refractivity contribution is 0.0949. The van der Waals surface area contributed by atoms with Crippen LogP contribution in [0.15, 0.2) is 22.3 Å². The smallest absolute Gasteiger partial charge is 0.273 e. The van der Waals surface area contributed by atoms with Crippen LogP contribution in [0.5, 0.6) is 0 Å². The average Bonchev–Trinajstić information content (AvgIpc) is 2.89. The van der Waals surface area contributed by atoms with Crippen molar-refractivity contribution in [3.8, 4) is 0 Å². The normalized spacial score (nSPS) is 16.8. The molecule has 1 unspecified atom stereocenters. The number of nitrogens with one attached hydrogen (secondary N) is 1. The van der Waals surface area contributed by atoms with Gasteiger partial charge in [0.25, 0.3) is 5.91 Å². The number of allylic oxidation sites excluding steroid dienone is 1. The summed E-state index contributed by atoms with van der Waals surface area (Å²) >= 11 is 0. The maximum Gasteiger partial charge on any atom is 0.273 e. The first-order valence-electron chi connectivity index (χ1n) is 6.84. The van der Waals surface area contributed by atoms with E-state index in [1.807, 2.05) is 0 Å². The van der Waals surface area contributed by atoms with Crippen molar-refractivity contribution in [2.45, 2.75) is 45.1 Å². The van der Waals surface area contributed by atoms with E-state index in [-0.39, 0.29) is 11.9 Å². The number of nitrogens with zero attached hydrogens (tertiary/aromatic N) is 1. The van der Waals surface area contributed by atoms with Crippen molar-refractivity contribution >= 4 is 5.91 Å². The molecule has 1 atom stereocenters. The van der Waals surface area contributed by atoms with Crippen LogP contribution in [0.4, 0.5) is 0 Å². The molecule has 5 heteroatoms. The van der Waals surface area contributed by atoms with Crippen LogP contribution in [0.1, 0.15) is 61.4 Å². The molecular weight excluding hydrogens is 242 g/mol. The molecule has 104 valence electrons. The molecule has 1 aromatic heterocycles. The molecule has 0 radical (unpaired) electrons. The summed E-state index contributed by atoms with van der Waals surface area (Å²) in [6, 6.07) is -0.297. The second-order valence-corrected chi connectivity index (χ2v) is 4.97. The zero-order chi connectivity index (χ0) is 13.7. The highest BCUT2D eigenvalue weighted by Crippen LogP contribution is 2.19. The van der Waals surface area contributed by atoms with Gasteiger partial charge in [-0.2, -0.15) is 0 Å². The van der Waals surface area contributed by atoms with E-state index in [0.29, 0.717) is 18.1 Å². The Labute approximate surface area is 113 Å². The Morgan fingerprint density at radius 1 is 1.58 bits per heavy atom. The molecule has 1 aliphatic carbocycles. The summed E-state index contributed by atoms with van der Waals surface area (Å²) in [5.74, 6) is 0.187. The molecule has 2 rings (SSSR count). The molecule has 0 aromatic carbocycles. The molecule has 0 bridgehead atoms. The number of oxazole rings is 1. The number of hydrogen-bond donors (Lipinski definition) is 2. The van der Waals surface area contributed by atoms with Crippen LogP contribution in [-0.4, -0.2) is 17.4 Å². The van der Waals surface area contributed by atoms with Crippen LogP contribution in [0.25, 0.3) is 0 Å². The topological polar surface area (TPSA) is 81.1 Å². The third-order valence-electron chi connectivity index (χ3n) is 3.26. The Morgan fingerprint density at radius 3 is 3.05 bits per heavy atom. The molecule has 1 aliphatic rings. The van der Waals surface area contributed by atoms with E-state index in [9.17, 15) is 4.79 Å². The second kappa shape index (κ2) is 6.52. The summed E-state index contributed by atoms with van der Waals surface area (Å²) in [6.07, 6.45) is 9.45. The minimum absolute atomic E-state index is 0.202. The Morgan fingerprint density at radius 2 is 2.42 bits per heavy atom. The first-order valence-corrected chi connectivity index (χ1v) is 6.84. The fraction of sp³-hybridized carbons (Fsp3) is 0.571. The zero-order valence-electron chi connectivity index (χ0n) is 11.3. The minimum atomic E-state index is -0.297. The van der Waals surface area contributed by atoms with Gasteiger partial charge in [0.1, 0.15) is 6.26 Å². The number of nitrogens with two attached hydrogens (primary N) is 1. The van der Waals surface area contributed by atoms with Crippen molar-refractivity contribution in [2.75, 3.05) is 6.54 Å². The van der Waals surface area contributed by atoms with Crippen LogP contribution in [0, 0.1) is 0 Å². The molecule has 0 spiro atoms. The van der Waals surface area contributed by atoms with E-state index in [1.54, 1.807) is 6.92 Å². The van der Waals surface area contributed by atoms with Crippen molar-refractivity contribution < 1.29 is 9.21 Å². The predicted octanol–water partition coefficient (Wildman–Crippen LogP) is 2.31. The fourth-order valence-electron chi connectivity index (χ4n) is 2.16. The first-order chi connectivity index (χ1) is 9.16. The van der Waals surface area contributed by atoms with Crippen molar-refractivity contribution in [3.05, 3.63) is 29.5 Å². The summed E-state index contributed by atoms with van der Waals surface area (Å²) in [4.78, 5) is 15.9. The van der Waals surface area contributed by atoms with Crippen LogP contribution in [-0.2, 0) is 0 Å². The second-order valence-electron chi connectivity index (χ2n) is 4.97. The van der Waals surface area contributed by atoms with Gasteiger partial charge in [-0.1, -0.05) is 11.6 Å². The molecule has 19 heavy (non-hydrogen) atoms. The highest BCUT2D eigenvalue weighted by atomic mass is 16.3. The van der Waals surface area contributed by atoms with Crippen molar-refractivity contribution in [2.24, 2.45) is 5.73 Å². The van der Waals surface area contributed by atoms with E-state index in [0.717, 1.165) is 12.8 Å². The first kappa shape index (κ1) is 13.8. The van der Waals surface area contributed by atoms with Gasteiger partial charge in [0.05, 0.1) is 6.04 Å². The number of rotatable bonds is 5. The molecule has 5 nitrogen and oxygen atoms in total. The van der Waals surface area contributed by atoms with Gasteiger partial charge >= 0.3 is 0 Å². The van der Waals surface area contributed by atoms with Gasteiger partial charge in [0, 0.05) is 6.54 Å². The van der Waals surface area contributed by atoms with E-state index >= 15 is 0 Å². The summed E-state index contributed by atoms with van der Waals surface area (Å²) < 4.78 is 5.14. The lowest BCUT2D eigenvalue weighted by Gasteiger charge is -2.12. The number of aromatic nitrogens is 1. The van der Waals surface area contributed by atoms with Crippen LogP contribution < -0.4 is 11.1 Å². The highest BCUT2D eigenvalue weighted by molar-refractivity contribution is 5.91. The third kappa shape index (κ3) is 3.92. The molecule has 0 saturated heterocycles. The molecular formula is C14H21N3O2. The molecule has 0 aliphatic heterocycles. The standard InChI is InChI=1S/C14H21N3O2/c1-10(15)14-17-12(9-19-14)13(18)16-8-7-11-5-3-2-4-6-11/h5,9-10H,2-4,6-8,15H2,1H3,(H,16,18). The fourth-order valence-corrected chi connectivity index (χ4v) is 2.16. The Hall–Kier alpha value is -1.62. The van der Waals surface area contributed by atoms with Crippen molar-refractivity contribution in [1.29, 1.82) is 0 Å². The Balaban J connectivity index is 1.78. The Bertz CT molecular complexity index is 463. The van der Waals surface area contributed by atoms with Crippen LogP contribution in [0.2, 0.25) is 0 Å². The predicted molar refractivity (Wildman–Crippen MR) is 72.6 cm³/mol. The summed E-state index contributed by atoms with van der Waals surface area (Å²) in [5, 5.41) is 2.86. The summed E-state index contributed by atoms with van der Waals surface area (Å²) in [5.41, 5.74) is 7.37. The number of hydrogen-bond acceptors (Lipinski definition) is 4. The molecule has 1 aromatic rings. The number of amides is 1. The maximum atomic E-state index is 11.8. The molecule has 3 N–H and O–H groups in total. The largest absolute Gasteiger partial charge is 0.446 e. The zero-order valence-corrected chi connectivity index (χ0v) is 11.3. The van der Waals surface area contributed by atoms with E-state index in [4.69, 9.17) is 10.2 Å². The van der Waals surface area contributed by atoms with Crippen LogP contribution >= 0.6 is 0 Å². The molecule has 0 fully saturated rings.